The molecule has 2 aromatic rings. The van der Waals surface area contributed by atoms with Crippen LogP contribution in [0, 0.1) is 0 Å². The molecule has 2 fully saturated rings. The lowest BCUT2D eigenvalue weighted by Crippen LogP contribution is -2.49. The van der Waals surface area contributed by atoms with Crippen LogP contribution in [0.5, 0.6) is 5.75 Å². The molecule has 1 unspecified atom stereocenters. The Morgan fingerprint density at radius 3 is 2.70 bits per heavy atom. The zero-order valence-corrected chi connectivity index (χ0v) is 15.9. The molecule has 7 nitrogen and oxygen atoms in total. The van der Waals surface area contributed by atoms with E-state index in [9.17, 15) is 4.79 Å². The molecule has 144 valence electrons. The molecule has 0 spiro atoms. The first-order valence-corrected chi connectivity index (χ1v) is 9.76. The van der Waals surface area contributed by atoms with Crippen molar-refractivity contribution in [3.05, 3.63) is 41.5 Å². The normalized spacial score (nSPS) is 19.1. The molecule has 27 heavy (non-hydrogen) atoms. The summed E-state index contributed by atoms with van der Waals surface area (Å²) in [5, 5.41) is 4.11. The molecule has 1 aromatic heterocycles. The lowest BCUT2D eigenvalue weighted by Gasteiger charge is -2.37. The van der Waals surface area contributed by atoms with Gasteiger partial charge in [0.1, 0.15) is 5.75 Å². The van der Waals surface area contributed by atoms with Crippen molar-refractivity contribution in [2.75, 3.05) is 32.8 Å². The number of rotatable bonds is 6. The van der Waals surface area contributed by atoms with E-state index in [-0.39, 0.29) is 11.9 Å². The fourth-order valence-corrected chi connectivity index (χ4v) is 3.49. The molecule has 1 aromatic carbocycles. The van der Waals surface area contributed by atoms with Gasteiger partial charge < -0.3 is 14.2 Å². The first kappa shape index (κ1) is 18.0. The molecule has 0 bridgehead atoms. The summed E-state index contributed by atoms with van der Waals surface area (Å²) in [6, 6.07) is 7.52. The predicted octanol–water partition coefficient (Wildman–Crippen LogP) is 2.86. The molecule has 1 atom stereocenters. The highest BCUT2D eigenvalue weighted by Gasteiger charge is 2.32. The molecule has 1 aliphatic carbocycles. The largest absolute Gasteiger partial charge is 0.493 e. The topological polar surface area (TPSA) is 71.7 Å². The van der Waals surface area contributed by atoms with E-state index in [1.165, 1.54) is 0 Å². The molecule has 2 aliphatic rings. The maximum absolute atomic E-state index is 12.9. The number of aromatic nitrogens is 2. The zero-order valence-electron chi connectivity index (χ0n) is 15.9. The van der Waals surface area contributed by atoms with Crippen LogP contribution >= 0.6 is 0 Å². The fourth-order valence-electron chi connectivity index (χ4n) is 3.49. The van der Waals surface area contributed by atoms with E-state index < -0.39 is 0 Å². The highest BCUT2D eigenvalue weighted by molar-refractivity contribution is 5.97. The van der Waals surface area contributed by atoms with Gasteiger partial charge in [-0.2, -0.15) is 4.98 Å². The van der Waals surface area contributed by atoms with Crippen molar-refractivity contribution >= 4 is 5.91 Å². The summed E-state index contributed by atoms with van der Waals surface area (Å²) in [7, 11) is 0. The van der Waals surface area contributed by atoms with Crippen molar-refractivity contribution in [3.63, 3.8) is 0 Å². The van der Waals surface area contributed by atoms with E-state index in [4.69, 9.17) is 9.26 Å². The summed E-state index contributed by atoms with van der Waals surface area (Å²) >= 11 is 0. The van der Waals surface area contributed by atoms with Crippen LogP contribution in [0.4, 0.5) is 0 Å². The second-order valence-corrected chi connectivity index (χ2v) is 7.20. The number of para-hydroxylation sites is 1. The Kier molecular flexibility index (Phi) is 5.11. The van der Waals surface area contributed by atoms with Crippen molar-refractivity contribution < 1.29 is 14.1 Å². The van der Waals surface area contributed by atoms with Crippen molar-refractivity contribution in [1.82, 2.24) is 19.9 Å². The molecule has 1 amide bonds. The van der Waals surface area contributed by atoms with Gasteiger partial charge in [-0.3, -0.25) is 9.69 Å². The zero-order chi connectivity index (χ0) is 18.8. The van der Waals surface area contributed by atoms with Crippen molar-refractivity contribution in [1.29, 1.82) is 0 Å². The van der Waals surface area contributed by atoms with Gasteiger partial charge in [-0.05, 0) is 38.8 Å². The van der Waals surface area contributed by atoms with Crippen LogP contribution in [0.1, 0.15) is 60.7 Å². The van der Waals surface area contributed by atoms with Crippen LogP contribution < -0.4 is 4.74 Å². The average molecular weight is 370 g/mol. The maximum atomic E-state index is 12.9. The highest BCUT2D eigenvalue weighted by Crippen LogP contribution is 2.38. The number of carbonyl (C=O) groups is 1. The van der Waals surface area contributed by atoms with Crippen LogP contribution in [0.2, 0.25) is 0 Å². The molecular formula is C20H26N4O3. The van der Waals surface area contributed by atoms with E-state index in [0.717, 1.165) is 31.8 Å². The van der Waals surface area contributed by atoms with E-state index >= 15 is 0 Å². The summed E-state index contributed by atoms with van der Waals surface area (Å²) in [5.74, 6) is 2.70. The molecule has 0 radical (unpaired) electrons. The van der Waals surface area contributed by atoms with Gasteiger partial charge in [0.25, 0.3) is 5.91 Å². The van der Waals surface area contributed by atoms with Crippen molar-refractivity contribution in [2.24, 2.45) is 0 Å². The third-order valence-corrected chi connectivity index (χ3v) is 5.32. The number of piperazine rings is 1. The number of ether oxygens (including phenoxy) is 1. The molecule has 0 N–H and O–H groups in total. The quantitative estimate of drug-likeness (QED) is 0.779. The molecule has 1 saturated carbocycles. The monoisotopic (exact) mass is 370 g/mol. The van der Waals surface area contributed by atoms with E-state index in [0.29, 0.717) is 42.8 Å². The van der Waals surface area contributed by atoms with Crippen LogP contribution in [0.15, 0.2) is 28.8 Å². The standard InChI is InChI=1S/C20H26N4O3/c1-3-26-17-7-5-4-6-16(17)20(25)24-12-10-23(11-13-24)14(2)19-21-18(22-27-19)15-8-9-15/h4-7,14-15H,3,8-13H2,1-2H3. The van der Waals surface area contributed by atoms with Crippen LogP contribution in [-0.4, -0.2) is 58.6 Å². The summed E-state index contributed by atoms with van der Waals surface area (Å²) in [6.07, 6.45) is 2.33. The SMILES string of the molecule is CCOc1ccccc1C(=O)N1CCN(C(C)c2nc(C3CC3)no2)CC1. The van der Waals surface area contributed by atoms with Crippen molar-refractivity contribution in [3.8, 4) is 5.75 Å². The predicted molar refractivity (Wildman–Crippen MR) is 99.8 cm³/mol. The second-order valence-electron chi connectivity index (χ2n) is 7.20. The minimum atomic E-state index is 0.0279. The molecule has 1 aliphatic heterocycles. The third kappa shape index (κ3) is 3.83. The van der Waals surface area contributed by atoms with Crippen molar-refractivity contribution in [2.45, 2.75) is 38.6 Å². The van der Waals surface area contributed by atoms with Gasteiger partial charge in [0.2, 0.25) is 5.89 Å². The Morgan fingerprint density at radius 2 is 2.00 bits per heavy atom. The number of carbonyl (C=O) groups excluding carboxylic acids is 1. The fraction of sp³-hybridized carbons (Fsp3) is 0.550. The summed E-state index contributed by atoms with van der Waals surface area (Å²) in [6.45, 7) is 7.47. The van der Waals surface area contributed by atoms with E-state index in [2.05, 4.69) is 22.0 Å². The molecule has 1 saturated heterocycles. The first-order valence-electron chi connectivity index (χ1n) is 9.76. The Morgan fingerprint density at radius 1 is 1.26 bits per heavy atom. The Bertz CT molecular complexity index is 794. The van der Waals surface area contributed by atoms with E-state index in [1.54, 1.807) is 0 Å². The minimum Gasteiger partial charge on any atom is -0.493 e. The summed E-state index contributed by atoms with van der Waals surface area (Å²) in [5.41, 5.74) is 0.631. The first-order chi connectivity index (χ1) is 13.2. The summed E-state index contributed by atoms with van der Waals surface area (Å²) in [4.78, 5) is 21.7. The second kappa shape index (κ2) is 7.68. The smallest absolute Gasteiger partial charge is 0.257 e. The Balaban J connectivity index is 1.37. The minimum absolute atomic E-state index is 0.0279. The van der Waals surface area contributed by atoms with Crippen LogP contribution in [0.3, 0.4) is 0 Å². The van der Waals surface area contributed by atoms with Gasteiger partial charge in [-0.25, -0.2) is 0 Å². The molecule has 2 heterocycles. The average Bonchev–Trinajstić information content (AvgIpc) is 3.44. The summed E-state index contributed by atoms with van der Waals surface area (Å²) < 4.78 is 11.1. The number of amides is 1. The number of hydrogen-bond donors (Lipinski definition) is 0. The number of hydrogen-bond acceptors (Lipinski definition) is 6. The maximum Gasteiger partial charge on any atom is 0.257 e. The highest BCUT2D eigenvalue weighted by atomic mass is 16.5. The molecule has 4 rings (SSSR count). The van der Waals surface area contributed by atoms with Gasteiger partial charge in [0.15, 0.2) is 5.82 Å². The van der Waals surface area contributed by atoms with Gasteiger partial charge >= 0.3 is 0 Å². The Labute approximate surface area is 159 Å². The van der Waals surface area contributed by atoms with Crippen LogP contribution in [0.25, 0.3) is 0 Å². The number of benzene rings is 1. The van der Waals surface area contributed by atoms with Gasteiger partial charge in [0.05, 0.1) is 18.2 Å². The van der Waals surface area contributed by atoms with Gasteiger partial charge in [-0.15, -0.1) is 0 Å². The molecule has 7 heteroatoms. The lowest BCUT2D eigenvalue weighted by atomic mass is 10.1. The Hall–Kier alpha value is -2.41. The van der Waals surface area contributed by atoms with Gasteiger partial charge in [0, 0.05) is 32.1 Å². The van der Waals surface area contributed by atoms with E-state index in [1.807, 2.05) is 36.1 Å². The number of nitrogens with zero attached hydrogens (tertiary/aromatic N) is 4. The molecular weight excluding hydrogens is 344 g/mol. The van der Waals surface area contributed by atoms with Crippen LogP contribution in [-0.2, 0) is 0 Å². The third-order valence-electron chi connectivity index (χ3n) is 5.32. The van der Waals surface area contributed by atoms with Gasteiger partial charge in [-0.1, -0.05) is 17.3 Å². The lowest BCUT2D eigenvalue weighted by molar-refractivity contribution is 0.0548.